The predicted molar refractivity (Wildman–Crippen MR) is 74.2 cm³/mol. The minimum atomic E-state index is -3.37. The average Bonchev–Trinajstić information content (AvgIpc) is 2.39. The normalized spacial score (nSPS) is 11.5. The van der Waals surface area contributed by atoms with Gasteiger partial charge >= 0.3 is 0 Å². The van der Waals surface area contributed by atoms with E-state index in [-0.39, 0.29) is 12.3 Å². The monoisotopic (exact) mass is 276 g/mol. The molecule has 0 saturated heterocycles. The number of nitrogens with two attached hydrogens (primary N) is 1. The first-order valence-electron chi connectivity index (χ1n) is 5.96. The Morgan fingerprint density at radius 2 is 1.89 bits per heavy atom. The Morgan fingerprint density at radius 3 is 2.58 bits per heavy atom. The van der Waals surface area contributed by atoms with Gasteiger partial charge in [-0.25, -0.2) is 8.42 Å². The van der Waals surface area contributed by atoms with E-state index in [2.05, 4.69) is 4.98 Å². The fourth-order valence-corrected chi connectivity index (χ4v) is 3.65. The van der Waals surface area contributed by atoms with Gasteiger partial charge in [-0.2, -0.15) is 0 Å². The first-order chi connectivity index (χ1) is 9.04. The lowest BCUT2D eigenvalue weighted by Gasteiger charge is -2.09. The van der Waals surface area contributed by atoms with Crippen LogP contribution in [-0.2, 0) is 22.1 Å². The summed E-state index contributed by atoms with van der Waals surface area (Å²) in [5.74, 6) is -0.0712. The van der Waals surface area contributed by atoms with Gasteiger partial charge in [0.15, 0.2) is 9.84 Å². The molecule has 0 spiro atoms. The highest BCUT2D eigenvalue weighted by Gasteiger charge is 2.18. The minimum absolute atomic E-state index is 0.0712. The van der Waals surface area contributed by atoms with Gasteiger partial charge in [0.25, 0.3) is 0 Å². The van der Waals surface area contributed by atoms with E-state index in [1.54, 1.807) is 43.5 Å². The van der Waals surface area contributed by atoms with Crippen LogP contribution in [0.2, 0.25) is 0 Å². The molecule has 0 aliphatic rings. The highest BCUT2D eigenvalue weighted by atomic mass is 32.2. The van der Waals surface area contributed by atoms with Gasteiger partial charge in [-0.05, 0) is 30.2 Å². The van der Waals surface area contributed by atoms with E-state index in [9.17, 15) is 8.42 Å². The summed E-state index contributed by atoms with van der Waals surface area (Å²) in [6.07, 6.45) is 1.62. The molecule has 5 heteroatoms. The van der Waals surface area contributed by atoms with E-state index in [0.29, 0.717) is 16.2 Å². The first kappa shape index (κ1) is 13.7. The molecule has 0 radical (unpaired) electrons. The van der Waals surface area contributed by atoms with E-state index in [0.717, 1.165) is 5.56 Å². The second-order valence-corrected chi connectivity index (χ2v) is 6.30. The number of aryl methyl sites for hydroxylation is 1. The Morgan fingerprint density at radius 1 is 1.16 bits per heavy atom. The number of aromatic nitrogens is 1. The fraction of sp³-hybridized carbons (Fsp3) is 0.214. The number of hydrogen-bond donors (Lipinski definition) is 1. The third kappa shape index (κ3) is 3.00. The standard InChI is InChI=1S/C14H16N2O2S/c1-11-5-2-3-7-14(11)19(17,18)10-12-6-4-8-16-13(12)9-15/h2-8H,9-10,15H2,1H3. The molecule has 0 saturated carbocycles. The second-order valence-electron chi connectivity index (χ2n) is 4.34. The van der Waals surface area contributed by atoms with Crippen molar-refractivity contribution < 1.29 is 8.42 Å². The molecule has 1 heterocycles. The van der Waals surface area contributed by atoms with E-state index >= 15 is 0 Å². The second kappa shape index (κ2) is 5.50. The lowest BCUT2D eigenvalue weighted by molar-refractivity contribution is 0.594. The Balaban J connectivity index is 2.40. The molecule has 0 atom stereocenters. The number of benzene rings is 1. The summed E-state index contributed by atoms with van der Waals surface area (Å²) in [6.45, 7) is 2.03. The van der Waals surface area contributed by atoms with Crippen LogP contribution in [0.15, 0.2) is 47.5 Å². The third-order valence-electron chi connectivity index (χ3n) is 2.95. The maximum atomic E-state index is 12.4. The molecule has 0 bridgehead atoms. The molecule has 0 aliphatic heterocycles. The molecule has 1 aromatic carbocycles. The van der Waals surface area contributed by atoms with Crippen molar-refractivity contribution in [3.63, 3.8) is 0 Å². The van der Waals surface area contributed by atoms with E-state index in [1.165, 1.54) is 0 Å². The van der Waals surface area contributed by atoms with Crippen molar-refractivity contribution in [1.82, 2.24) is 4.98 Å². The molecule has 0 fully saturated rings. The number of sulfone groups is 1. The Kier molecular flexibility index (Phi) is 3.97. The van der Waals surface area contributed by atoms with Crippen LogP contribution >= 0.6 is 0 Å². The molecule has 0 amide bonds. The summed E-state index contributed by atoms with van der Waals surface area (Å²) in [4.78, 5) is 4.47. The minimum Gasteiger partial charge on any atom is -0.325 e. The molecule has 2 N–H and O–H groups in total. The van der Waals surface area contributed by atoms with Crippen molar-refractivity contribution in [2.75, 3.05) is 0 Å². The van der Waals surface area contributed by atoms with Crippen LogP contribution < -0.4 is 5.73 Å². The van der Waals surface area contributed by atoms with Gasteiger partial charge in [-0.1, -0.05) is 24.3 Å². The van der Waals surface area contributed by atoms with Gasteiger partial charge < -0.3 is 5.73 Å². The molecule has 4 nitrogen and oxygen atoms in total. The molecule has 0 aliphatic carbocycles. The highest BCUT2D eigenvalue weighted by Crippen LogP contribution is 2.20. The van der Waals surface area contributed by atoms with Gasteiger partial charge in [-0.15, -0.1) is 0 Å². The smallest absolute Gasteiger partial charge is 0.182 e. The van der Waals surface area contributed by atoms with Gasteiger partial charge in [0, 0.05) is 12.7 Å². The third-order valence-corrected chi connectivity index (χ3v) is 4.77. The van der Waals surface area contributed by atoms with Gasteiger partial charge in [0.05, 0.1) is 16.3 Å². The summed E-state index contributed by atoms with van der Waals surface area (Å²) in [5.41, 5.74) is 7.62. The largest absolute Gasteiger partial charge is 0.325 e. The van der Waals surface area contributed by atoms with Crippen molar-refractivity contribution >= 4 is 9.84 Å². The molecule has 2 rings (SSSR count). The van der Waals surface area contributed by atoms with E-state index in [1.807, 2.05) is 6.07 Å². The lowest BCUT2D eigenvalue weighted by atomic mass is 10.2. The zero-order valence-corrected chi connectivity index (χ0v) is 11.5. The van der Waals surface area contributed by atoms with Crippen molar-refractivity contribution in [3.8, 4) is 0 Å². The predicted octanol–water partition coefficient (Wildman–Crippen LogP) is 1.82. The Hall–Kier alpha value is -1.72. The van der Waals surface area contributed by atoms with Crippen LogP contribution in [-0.4, -0.2) is 13.4 Å². The Labute approximate surface area is 113 Å². The SMILES string of the molecule is Cc1ccccc1S(=O)(=O)Cc1cccnc1CN. The first-order valence-corrected chi connectivity index (χ1v) is 7.61. The molecule has 1 aromatic heterocycles. The summed E-state index contributed by atoms with van der Waals surface area (Å²) < 4.78 is 24.8. The van der Waals surface area contributed by atoms with E-state index in [4.69, 9.17) is 5.73 Å². The topological polar surface area (TPSA) is 73.0 Å². The van der Waals surface area contributed by atoms with Crippen LogP contribution in [0.1, 0.15) is 16.8 Å². The summed E-state index contributed by atoms with van der Waals surface area (Å²) in [7, 11) is -3.37. The van der Waals surface area contributed by atoms with Gasteiger partial charge in [0.2, 0.25) is 0 Å². The number of nitrogens with zero attached hydrogens (tertiary/aromatic N) is 1. The molecule has 2 aromatic rings. The maximum Gasteiger partial charge on any atom is 0.182 e. The van der Waals surface area contributed by atoms with Gasteiger partial charge in [-0.3, -0.25) is 4.98 Å². The molecule has 100 valence electrons. The average molecular weight is 276 g/mol. The summed E-state index contributed by atoms with van der Waals surface area (Å²) in [6, 6.07) is 10.5. The maximum absolute atomic E-state index is 12.4. The lowest BCUT2D eigenvalue weighted by Crippen LogP contribution is -2.11. The zero-order valence-electron chi connectivity index (χ0n) is 10.7. The van der Waals surface area contributed by atoms with Crippen molar-refractivity contribution in [2.45, 2.75) is 24.1 Å². The Bertz CT molecular complexity index is 681. The van der Waals surface area contributed by atoms with Crippen LogP contribution in [0, 0.1) is 6.92 Å². The van der Waals surface area contributed by atoms with Crippen molar-refractivity contribution in [3.05, 3.63) is 59.4 Å². The van der Waals surface area contributed by atoms with Gasteiger partial charge in [0.1, 0.15) is 0 Å². The van der Waals surface area contributed by atoms with Crippen LogP contribution in [0.4, 0.5) is 0 Å². The summed E-state index contributed by atoms with van der Waals surface area (Å²) in [5, 5.41) is 0. The zero-order chi connectivity index (χ0) is 13.9. The number of rotatable bonds is 4. The van der Waals surface area contributed by atoms with Crippen molar-refractivity contribution in [2.24, 2.45) is 5.73 Å². The quantitative estimate of drug-likeness (QED) is 0.924. The van der Waals surface area contributed by atoms with Crippen LogP contribution in [0.25, 0.3) is 0 Å². The van der Waals surface area contributed by atoms with E-state index < -0.39 is 9.84 Å². The fourth-order valence-electron chi connectivity index (χ4n) is 1.97. The molecular weight excluding hydrogens is 260 g/mol. The molecular formula is C14H16N2O2S. The highest BCUT2D eigenvalue weighted by molar-refractivity contribution is 7.90. The molecule has 19 heavy (non-hydrogen) atoms. The number of hydrogen-bond acceptors (Lipinski definition) is 4. The summed E-state index contributed by atoms with van der Waals surface area (Å²) >= 11 is 0. The molecule has 0 unspecified atom stereocenters. The van der Waals surface area contributed by atoms with Crippen LogP contribution in [0.3, 0.4) is 0 Å². The van der Waals surface area contributed by atoms with Crippen molar-refractivity contribution in [1.29, 1.82) is 0 Å². The number of pyridine rings is 1. The van der Waals surface area contributed by atoms with Crippen LogP contribution in [0.5, 0.6) is 0 Å².